The maximum absolute atomic E-state index is 8.25. The van der Waals surface area contributed by atoms with E-state index in [4.69, 9.17) is 15.3 Å². The van der Waals surface area contributed by atoms with Crippen LogP contribution in [0.25, 0.3) is 0 Å². The van der Waals surface area contributed by atoms with E-state index in [1.807, 2.05) is 0 Å². The number of nitrogens with zero attached hydrogens (tertiary/aromatic N) is 1. The smallest absolute Gasteiger partial charge is 0.412 e. The number of hydrogen-bond acceptors (Lipinski definition) is 3. The minimum absolute atomic E-state index is 0. The van der Waals surface area contributed by atoms with E-state index < -0.39 is 5.09 Å². The third-order valence-electron chi connectivity index (χ3n) is 0. The van der Waals surface area contributed by atoms with Gasteiger partial charge in [-0.15, -0.1) is 0 Å². The van der Waals surface area contributed by atoms with Gasteiger partial charge in [0.1, 0.15) is 0 Å². The second-order valence-corrected chi connectivity index (χ2v) is 0.224. The molecule has 11 heavy (non-hydrogen) atoms. The topological polar surface area (TPSA) is 255 Å². The van der Waals surface area contributed by atoms with Gasteiger partial charge in [-0.25, -0.2) is 0 Å². The molecule has 73 valence electrons. The van der Waals surface area contributed by atoms with Crippen LogP contribution in [0.5, 0.6) is 0 Å². The standard InChI is InChI=1S/Ce.NO3.6H2O/c;2-1(3)4;;;;;;/h;;6*1H2/q+3;-1;;;;;;. The molecule has 12 N–H and O–H groups in total. The minimum Gasteiger partial charge on any atom is -0.412 e. The van der Waals surface area contributed by atoms with Crippen LogP contribution in [0.1, 0.15) is 0 Å². The van der Waals surface area contributed by atoms with E-state index in [-0.39, 0.29) is 74.6 Å². The summed E-state index contributed by atoms with van der Waals surface area (Å²) in [5.74, 6) is 0. The summed E-state index contributed by atoms with van der Waals surface area (Å²) in [4.78, 5) is 8.25. The Labute approximate surface area is 94.5 Å². The van der Waals surface area contributed by atoms with E-state index in [9.17, 15) is 0 Å². The van der Waals surface area contributed by atoms with E-state index in [0.29, 0.717) is 0 Å². The molecule has 0 aliphatic heterocycles. The zero-order chi connectivity index (χ0) is 3.58. The first kappa shape index (κ1) is 109. The van der Waals surface area contributed by atoms with Gasteiger partial charge in [-0.05, 0) is 0 Å². The second kappa shape index (κ2) is 80.9. The van der Waals surface area contributed by atoms with Crippen LogP contribution >= 0.6 is 0 Å². The van der Waals surface area contributed by atoms with Crippen molar-refractivity contribution >= 4 is 0 Å². The van der Waals surface area contributed by atoms with Gasteiger partial charge >= 0.3 is 41.7 Å². The van der Waals surface area contributed by atoms with E-state index in [0.717, 1.165) is 0 Å². The quantitative estimate of drug-likeness (QED) is 0.314. The molecule has 0 atom stereocenters. The first-order valence-electron chi connectivity index (χ1n) is 0.548. The van der Waals surface area contributed by atoms with Gasteiger partial charge in [0.25, 0.3) is 0 Å². The van der Waals surface area contributed by atoms with Gasteiger partial charge in [0.15, 0.2) is 0 Å². The van der Waals surface area contributed by atoms with Gasteiger partial charge < -0.3 is 48.2 Å². The fraction of sp³-hybridized carbons (Fsp3) is 0. The summed E-state index contributed by atoms with van der Waals surface area (Å²) >= 11 is 0. The molecule has 0 saturated heterocycles. The number of rotatable bonds is 0. The SMILES string of the molecule is O.O.O.O.O.O.O=[N+]([O-])[O-].[Ce+3]. The predicted octanol–water partition coefficient (Wildman–Crippen LogP) is -5.19. The molecule has 0 aromatic carbocycles. The van der Waals surface area contributed by atoms with Gasteiger partial charge in [-0.3, -0.25) is 0 Å². The van der Waals surface area contributed by atoms with Gasteiger partial charge in [-0.1, -0.05) is 0 Å². The zero-order valence-electron chi connectivity index (χ0n) is 5.17. The van der Waals surface area contributed by atoms with Crippen molar-refractivity contribution in [1.82, 2.24) is 0 Å². The summed E-state index contributed by atoms with van der Waals surface area (Å²) < 4.78 is 0. The maximum Gasteiger partial charge on any atom is 3.00 e. The molecule has 0 rings (SSSR count). The molecular weight excluding hydrogens is 298 g/mol. The van der Waals surface area contributed by atoms with Gasteiger partial charge in [-0.2, -0.15) is 0 Å². The third-order valence-corrected chi connectivity index (χ3v) is 0. The van der Waals surface area contributed by atoms with E-state index in [1.54, 1.807) is 0 Å². The molecule has 0 aliphatic carbocycles. The molecule has 0 fully saturated rings. The Hall–Kier alpha value is 0.337. The summed E-state index contributed by atoms with van der Waals surface area (Å²) in [6, 6.07) is 0. The summed E-state index contributed by atoms with van der Waals surface area (Å²) in [5, 5.41) is 14.8. The normalized spacial score (nSPS) is 2.18. The Bertz CT molecular complexity index is 32.5. The monoisotopic (exact) mass is 310 g/mol. The van der Waals surface area contributed by atoms with Crippen LogP contribution in [-0.2, 0) is 0 Å². The Balaban J connectivity index is -0.00000000214. The molecule has 0 aromatic heterocycles. The van der Waals surface area contributed by atoms with Crippen molar-refractivity contribution in [3.8, 4) is 0 Å². The first-order valence-corrected chi connectivity index (χ1v) is 0.548. The largest absolute Gasteiger partial charge is 3.00 e. The van der Waals surface area contributed by atoms with Crippen LogP contribution in [0.4, 0.5) is 0 Å². The van der Waals surface area contributed by atoms with Crippen molar-refractivity contribution in [3.05, 3.63) is 15.3 Å². The predicted molar refractivity (Wildman–Crippen MR) is 32.0 cm³/mol. The number of hydrogen-bond donors (Lipinski definition) is 0. The maximum atomic E-state index is 8.25. The van der Waals surface area contributed by atoms with E-state index in [1.165, 1.54) is 0 Å². The van der Waals surface area contributed by atoms with Gasteiger partial charge in [0.2, 0.25) is 0 Å². The summed E-state index contributed by atoms with van der Waals surface area (Å²) in [6.07, 6.45) is 0. The second-order valence-electron chi connectivity index (χ2n) is 0.224. The van der Waals surface area contributed by atoms with Crippen molar-refractivity contribution in [2.24, 2.45) is 0 Å². The molecule has 0 aliphatic rings. The van der Waals surface area contributed by atoms with Crippen LogP contribution in [0.3, 0.4) is 0 Å². The third kappa shape index (κ3) is 6340. The van der Waals surface area contributed by atoms with Crippen molar-refractivity contribution in [2.45, 2.75) is 0 Å². The molecule has 11 heteroatoms. The van der Waals surface area contributed by atoms with E-state index in [2.05, 4.69) is 0 Å². The Morgan fingerprint density at radius 1 is 0.727 bits per heavy atom. The summed E-state index contributed by atoms with van der Waals surface area (Å²) in [5.41, 5.74) is 0. The summed E-state index contributed by atoms with van der Waals surface area (Å²) in [7, 11) is 0. The molecule has 0 saturated carbocycles. The van der Waals surface area contributed by atoms with Crippen LogP contribution in [0.2, 0.25) is 0 Å². The minimum atomic E-state index is -1.75. The Kier molecular flexibility index (Phi) is 801. The van der Waals surface area contributed by atoms with Crippen molar-refractivity contribution in [1.29, 1.82) is 0 Å². The van der Waals surface area contributed by atoms with Crippen LogP contribution in [0, 0.1) is 57.1 Å². The van der Waals surface area contributed by atoms with E-state index >= 15 is 0 Å². The molecule has 0 spiro atoms. The van der Waals surface area contributed by atoms with Crippen molar-refractivity contribution in [2.75, 3.05) is 0 Å². The van der Waals surface area contributed by atoms with Crippen LogP contribution < -0.4 is 0 Å². The Morgan fingerprint density at radius 3 is 0.727 bits per heavy atom. The average molecular weight is 310 g/mol. The van der Waals surface area contributed by atoms with Gasteiger partial charge in [0.05, 0.1) is 5.09 Å². The summed E-state index contributed by atoms with van der Waals surface area (Å²) in [6.45, 7) is 0. The van der Waals surface area contributed by atoms with Crippen molar-refractivity contribution < 1.29 is 79.7 Å². The molecule has 0 bridgehead atoms. The molecule has 0 heterocycles. The molecule has 0 aromatic rings. The van der Waals surface area contributed by atoms with Gasteiger partial charge in [0, 0.05) is 0 Å². The molecule has 0 amide bonds. The Morgan fingerprint density at radius 2 is 0.727 bits per heavy atom. The molecule has 10 nitrogen and oxygen atoms in total. The fourth-order valence-corrected chi connectivity index (χ4v) is 0. The van der Waals surface area contributed by atoms with Crippen molar-refractivity contribution in [3.63, 3.8) is 0 Å². The zero-order valence-corrected chi connectivity index (χ0v) is 8.31. The molecule has 1 radical (unpaired) electrons. The van der Waals surface area contributed by atoms with Crippen LogP contribution in [-0.4, -0.2) is 37.9 Å². The first-order chi connectivity index (χ1) is 1.73. The fourth-order valence-electron chi connectivity index (χ4n) is 0. The molecule has 0 unspecified atom stereocenters. The molecular formula is H12CeNO9+2. The van der Waals surface area contributed by atoms with Crippen LogP contribution in [0.15, 0.2) is 0 Å². The average Bonchev–Trinajstić information content (AvgIpc) is 0.811.